The van der Waals surface area contributed by atoms with Crippen LogP contribution in [-0.4, -0.2) is 37.2 Å². The average molecular weight is 366 g/mol. The molecule has 0 spiro atoms. The van der Waals surface area contributed by atoms with Gasteiger partial charge in [-0.3, -0.25) is 0 Å². The molecular weight excluding hydrogens is 334 g/mol. The van der Waals surface area contributed by atoms with Gasteiger partial charge in [-0.2, -0.15) is 0 Å². The van der Waals surface area contributed by atoms with Crippen molar-refractivity contribution < 1.29 is 9.47 Å². The number of nitrogens with zero attached hydrogens (tertiary/aromatic N) is 1. The second-order valence-corrected chi connectivity index (χ2v) is 8.07. The molecule has 3 heteroatoms. The lowest BCUT2D eigenvalue weighted by molar-refractivity contribution is 0.0195. The fourth-order valence-electron chi connectivity index (χ4n) is 4.73. The SMILES string of the molecule is CN(CCCOc1ccccc1)CC[C@@]12CCCC[C@@H]1c1ccccc1O2. The first-order valence-corrected chi connectivity index (χ1v) is 10.4. The van der Waals surface area contributed by atoms with E-state index in [1.54, 1.807) is 0 Å². The Morgan fingerprint density at radius 3 is 2.74 bits per heavy atom. The third kappa shape index (κ3) is 4.14. The van der Waals surface area contributed by atoms with Crippen LogP contribution >= 0.6 is 0 Å². The van der Waals surface area contributed by atoms with E-state index in [0.29, 0.717) is 5.92 Å². The number of fused-ring (bicyclic) bond motifs is 3. The van der Waals surface area contributed by atoms with Crippen LogP contribution in [-0.2, 0) is 0 Å². The zero-order chi connectivity index (χ0) is 18.5. The number of benzene rings is 2. The summed E-state index contributed by atoms with van der Waals surface area (Å²) in [4.78, 5) is 2.43. The van der Waals surface area contributed by atoms with Crippen LogP contribution in [0.4, 0.5) is 0 Å². The number of hydrogen-bond acceptors (Lipinski definition) is 3. The molecule has 2 aliphatic rings. The van der Waals surface area contributed by atoms with Gasteiger partial charge in [0, 0.05) is 31.0 Å². The highest BCUT2D eigenvalue weighted by atomic mass is 16.5. The van der Waals surface area contributed by atoms with Crippen molar-refractivity contribution in [1.82, 2.24) is 4.90 Å². The first-order valence-electron chi connectivity index (χ1n) is 10.4. The Balaban J connectivity index is 1.26. The minimum absolute atomic E-state index is 0.0245. The van der Waals surface area contributed by atoms with Gasteiger partial charge in [-0.1, -0.05) is 42.8 Å². The lowest BCUT2D eigenvalue weighted by Crippen LogP contribution is -2.43. The minimum atomic E-state index is 0.0245. The zero-order valence-corrected chi connectivity index (χ0v) is 16.4. The van der Waals surface area contributed by atoms with Gasteiger partial charge in [0.2, 0.25) is 0 Å². The molecule has 0 aromatic heterocycles. The molecule has 2 aromatic rings. The summed E-state index contributed by atoms with van der Waals surface area (Å²) in [7, 11) is 2.22. The number of hydrogen-bond donors (Lipinski definition) is 0. The molecule has 1 fully saturated rings. The Morgan fingerprint density at radius 1 is 1.04 bits per heavy atom. The molecule has 27 heavy (non-hydrogen) atoms. The molecule has 3 nitrogen and oxygen atoms in total. The Hall–Kier alpha value is -2.00. The maximum Gasteiger partial charge on any atom is 0.123 e. The predicted molar refractivity (Wildman–Crippen MR) is 110 cm³/mol. The second kappa shape index (κ2) is 8.35. The van der Waals surface area contributed by atoms with Crippen molar-refractivity contribution in [3.8, 4) is 11.5 Å². The van der Waals surface area contributed by atoms with Crippen molar-refractivity contribution >= 4 is 0 Å². The van der Waals surface area contributed by atoms with Crippen LogP contribution in [0.2, 0.25) is 0 Å². The summed E-state index contributed by atoms with van der Waals surface area (Å²) in [5.74, 6) is 2.67. The van der Waals surface area contributed by atoms with Crippen LogP contribution in [0.5, 0.6) is 11.5 Å². The molecule has 0 unspecified atom stereocenters. The molecule has 1 aliphatic carbocycles. The number of ether oxygens (including phenoxy) is 2. The molecule has 2 aromatic carbocycles. The molecule has 2 atom stereocenters. The van der Waals surface area contributed by atoms with Crippen molar-refractivity contribution in [2.45, 2.75) is 50.0 Å². The van der Waals surface area contributed by atoms with E-state index in [1.165, 1.54) is 31.2 Å². The predicted octanol–water partition coefficient (Wildman–Crippen LogP) is 5.27. The monoisotopic (exact) mass is 365 g/mol. The van der Waals surface area contributed by atoms with Crippen molar-refractivity contribution in [2.24, 2.45) is 0 Å². The summed E-state index contributed by atoms with van der Waals surface area (Å²) in [6.07, 6.45) is 7.24. The minimum Gasteiger partial charge on any atom is -0.494 e. The molecule has 1 saturated carbocycles. The van der Waals surface area contributed by atoms with E-state index < -0.39 is 0 Å². The fourth-order valence-corrected chi connectivity index (χ4v) is 4.73. The first kappa shape index (κ1) is 18.4. The van der Waals surface area contributed by atoms with E-state index in [-0.39, 0.29) is 5.60 Å². The van der Waals surface area contributed by atoms with Gasteiger partial charge >= 0.3 is 0 Å². The molecule has 1 heterocycles. The smallest absolute Gasteiger partial charge is 0.123 e. The molecule has 0 saturated heterocycles. The highest BCUT2D eigenvalue weighted by Gasteiger charge is 2.48. The summed E-state index contributed by atoms with van der Waals surface area (Å²) in [6, 6.07) is 18.8. The summed E-state index contributed by atoms with van der Waals surface area (Å²) in [5, 5.41) is 0. The van der Waals surface area contributed by atoms with Crippen LogP contribution in [0.3, 0.4) is 0 Å². The quantitative estimate of drug-likeness (QED) is 0.595. The normalized spacial score (nSPS) is 23.6. The molecule has 0 radical (unpaired) electrons. The van der Waals surface area contributed by atoms with Crippen molar-refractivity contribution in [3.05, 3.63) is 60.2 Å². The van der Waals surface area contributed by atoms with Crippen LogP contribution in [0.15, 0.2) is 54.6 Å². The highest BCUT2D eigenvalue weighted by Crippen LogP contribution is 2.53. The lowest BCUT2D eigenvalue weighted by Gasteiger charge is -2.39. The maximum absolute atomic E-state index is 6.58. The summed E-state index contributed by atoms with van der Waals surface area (Å²) >= 11 is 0. The molecular formula is C24H31NO2. The van der Waals surface area contributed by atoms with Gasteiger partial charge in [0.05, 0.1) is 6.61 Å². The van der Waals surface area contributed by atoms with Gasteiger partial charge in [0.25, 0.3) is 0 Å². The van der Waals surface area contributed by atoms with E-state index in [1.807, 2.05) is 30.3 Å². The molecule has 144 valence electrons. The van der Waals surface area contributed by atoms with Gasteiger partial charge in [-0.25, -0.2) is 0 Å². The molecule has 0 bridgehead atoms. The van der Waals surface area contributed by atoms with E-state index >= 15 is 0 Å². The van der Waals surface area contributed by atoms with E-state index in [0.717, 1.165) is 44.0 Å². The largest absolute Gasteiger partial charge is 0.494 e. The van der Waals surface area contributed by atoms with E-state index in [4.69, 9.17) is 9.47 Å². The highest BCUT2D eigenvalue weighted by molar-refractivity contribution is 5.43. The summed E-state index contributed by atoms with van der Waals surface area (Å²) < 4.78 is 12.4. The van der Waals surface area contributed by atoms with Crippen LogP contribution in [0.25, 0.3) is 0 Å². The Morgan fingerprint density at radius 2 is 1.85 bits per heavy atom. The van der Waals surface area contributed by atoms with Gasteiger partial charge < -0.3 is 14.4 Å². The Bertz CT molecular complexity index is 732. The second-order valence-electron chi connectivity index (χ2n) is 8.07. The van der Waals surface area contributed by atoms with Crippen LogP contribution in [0.1, 0.15) is 50.0 Å². The zero-order valence-electron chi connectivity index (χ0n) is 16.4. The standard InChI is InChI=1S/C24H31NO2/c1-25(17-9-19-26-20-10-3-2-4-11-20)18-16-24-15-8-7-13-22(24)21-12-5-6-14-23(21)27-24/h2-6,10-12,14,22H,7-9,13,15-19H2,1H3/t22-,24+/m1/s1. The van der Waals surface area contributed by atoms with Gasteiger partial charge in [0.1, 0.15) is 17.1 Å². The van der Waals surface area contributed by atoms with Gasteiger partial charge in [-0.05, 0) is 50.9 Å². The Kier molecular flexibility index (Phi) is 5.68. The molecule has 1 aliphatic heterocycles. The van der Waals surface area contributed by atoms with Crippen molar-refractivity contribution in [1.29, 1.82) is 0 Å². The average Bonchev–Trinajstić information content (AvgIpc) is 3.05. The van der Waals surface area contributed by atoms with E-state index in [9.17, 15) is 0 Å². The lowest BCUT2D eigenvalue weighted by atomic mass is 9.72. The summed E-state index contributed by atoms with van der Waals surface area (Å²) in [5.41, 5.74) is 1.47. The number of para-hydroxylation sites is 2. The first-order chi connectivity index (χ1) is 13.3. The van der Waals surface area contributed by atoms with Crippen molar-refractivity contribution in [2.75, 3.05) is 26.7 Å². The molecule has 4 rings (SSSR count). The third-order valence-electron chi connectivity index (χ3n) is 6.20. The fraction of sp³-hybridized carbons (Fsp3) is 0.500. The molecule has 0 amide bonds. The van der Waals surface area contributed by atoms with E-state index in [2.05, 4.69) is 36.2 Å². The summed E-state index contributed by atoms with van der Waals surface area (Å²) in [6.45, 7) is 2.90. The van der Waals surface area contributed by atoms with Crippen molar-refractivity contribution in [3.63, 3.8) is 0 Å². The topological polar surface area (TPSA) is 21.7 Å². The molecule has 0 N–H and O–H groups in total. The number of rotatable bonds is 8. The Labute approximate surface area is 163 Å². The van der Waals surface area contributed by atoms with Crippen LogP contribution < -0.4 is 9.47 Å². The van der Waals surface area contributed by atoms with Gasteiger partial charge in [-0.15, -0.1) is 0 Å². The third-order valence-corrected chi connectivity index (χ3v) is 6.20. The maximum atomic E-state index is 6.58. The van der Waals surface area contributed by atoms with Gasteiger partial charge in [0.15, 0.2) is 0 Å². The van der Waals surface area contributed by atoms with Crippen LogP contribution in [0, 0.1) is 0 Å².